The van der Waals surface area contributed by atoms with E-state index in [4.69, 9.17) is 0 Å². The Bertz CT molecular complexity index is 805. The SMILES string of the molecule is CCNC(=NCC1(c2cccc(C(F)(F)F)c2)CC1)NCCc1ccccn1.I. The highest BCUT2D eigenvalue weighted by Crippen LogP contribution is 2.49. The molecule has 8 heteroatoms. The van der Waals surface area contributed by atoms with E-state index in [2.05, 4.69) is 20.6 Å². The minimum Gasteiger partial charge on any atom is -0.357 e. The lowest BCUT2D eigenvalue weighted by Crippen LogP contribution is -2.39. The van der Waals surface area contributed by atoms with Gasteiger partial charge in [-0.25, -0.2) is 0 Å². The van der Waals surface area contributed by atoms with E-state index in [1.807, 2.05) is 25.1 Å². The lowest BCUT2D eigenvalue weighted by Gasteiger charge is -2.17. The molecule has 1 aromatic carbocycles. The maximum atomic E-state index is 13.0. The maximum absolute atomic E-state index is 13.0. The van der Waals surface area contributed by atoms with E-state index in [-0.39, 0.29) is 29.4 Å². The molecule has 1 saturated carbocycles. The predicted molar refractivity (Wildman–Crippen MR) is 120 cm³/mol. The molecule has 0 bridgehead atoms. The van der Waals surface area contributed by atoms with Crippen LogP contribution in [0.1, 0.15) is 36.6 Å². The molecule has 1 aliphatic rings. The molecule has 0 atom stereocenters. The largest absolute Gasteiger partial charge is 0.416 e. The molecular formula is C21H26F3IN4. The molecule has 1 heterocycles. The van der Waals surface area contributed by atoms with E-state index in [9.17, 15) is 13.2 Å². The predicted octanol–water partition coefficient (Wildman–Crippen LogP) is 4.55. The van der Waals surface area contributed by atoms with Crippen molar-refractivity contribution in [3.05, 3.63) is 65.5 Å². The summed E-state index contributed by atoms with van der Waals surface area (Å²) in [6, 6.07) is 11.4. The van der Waals surface area contributed by atoms with Crippen molar-refractivity contribution in [1.82, 2.24) is 15.6 Å². The van der Waals surface area contributed by atoms with E-state index in [0.29, 0.717) is 25.6 Å². The average molecular weight is 518 g/mol. The molecule has 0 spiro atoms. The van der Waals surface area contributed by atoms with Crippen LogP contribution < -0.4 is 10.6 Å². The smallest absolute Gasteiger partial charge is 0.357 e. The van der Waals surface area contributed by atoms with Crippen LogP contribution >= 0.6 is 24.0 Å². The van der Waals surface area contributed by atoms with Gasteiger partial charge < -0.3 is 10.6 Å². The van der Waals surface area contributed by atoms with Crippen molar-refractivity contribution in [3.63, 3.8) is 0 Å². The van der Waals surface area contributed by atoms with Gasteiger partial charge in [0.1, 0.15) is 0 Å². The Labute approximate surface area is 186 Å². The molecule has 2 aromatic rings. The summed E-state index contributed by atoms with van der Waals surface area (Å²) in [5, 5.41) is 6.47. The van der Waals surface area contributed by atoms with Crippen LogP contribution in [0, 0.1) is 0 Å². The van der Waals surface area contributed by atoms with Gasteiger partial charge >= 0.3 is 6.18 Å². The van der Waals surface area contributed by atoms with Crippen LogP contribution in [-0.4, -0.2) is 30.6 Å². The molecule has 0 saturated heterocycles. The molecule has 2 N–H and O–H groups in total. The highest BCUT2D eigenvalue weighted by molar-refractivity contribution is 14.0. The zero-order valence-electron chi connectivity index (χ0n) is 16.3. The van der Waals surface area contributed by atoms with Crippen molar-refractivity contribution in [1.29, 1.82) is 0 Å². The van der Waals surface area contributed by atoms with Crippen LogP contribution in [0.4, 0.5) is 13.2 Å². The molecule has 3 rings (SSSR count). The first kappa shape index (κ1) is 23.4. The number of pyridine rings is 1. The Kier molecular flexibility index (Phi) is 8.30. The summed E-state index contributed by atoms with van der Waals surface area (Å²) in [5.74, 6) is 0.677. The molecule has 29 heavy (non-hydrogen) atoms. The molecule has 0 aliphatic heterocycles. The number of halogens is 4. The van der Waals surface area contributed by atoms with E-state index in [0.717, 1.165) is 36.6 Å². The van der Waals surface area contributed by atoms with E-state index in [1.54, 1.807) is 12.3 Å². The Morgan fingerprint density at radius 3 is 2.55 bits per heavy atom. The van der Waals surface area contributed by atoms with E-state index < -0.39 is 11.7 Å². The van der Waals surface area contributed by atoms with Crippen molar-refractivity contribution in [3.8, 4) is 0 Å². The first-order valence-electron chi connectivity index (χ1n) is 9.53. The minimum absolute atomic E-state index is 0. The van der Waals surface area contributed by atoms with Crippen molar-refractivity contribution in [2.24, 2.45) is 4.99 Å². The van der Waals surface area contributed by atoms with Crippen molar-refractivity contribution >= 4 is 29.9 Å². The third-order valence-corrected chi connectivity index (χ3v) is 4.94. The molecule has 4 nitrogen and oxygen atoms in total. The second kappa shape index (κ2) is 10.3. The minimum atomic E-state index is -4.32. The Morgan fingerprint density at radius 1 is 1.14 bits per heavy atom. The maximum Gasteiger partial charge on any atom is 0.416 e. The van der Waals surface area contributed by atoms with Crippen LogP contribution in [0.25, 0.3) is 0 Å². The highest BCUT2D eigenvalue weighted by atomic mass is 127. The summed E-state index contributed by atoms with van der Waals surface area (Å²) in [4.78, 5) is 8.93. The zero-order valence-corrected chi connectivity index (χ0v) is 18.6. The number of benzene rings is 1. The summed E-state index contributed by atoms with van der Waals surface area (Å²) in [7, 11) is 0. The Morgan fingerprint density at radius 2 is 1.93 bits per heavy atom. The monoisotopic (exact) mass is 518 g/mol. The lowest BCUT2D eigenvalue weighted by molar-refractivity contribution is -0.137. The number of nitrogens with one attached hydrogen (secondary N) is 2. The summed E-state index contributed by atoms with van der Waals surface area (Å²) < 4.78 is 39.1. The number of hydrogen-bond acceptors (Lipinski definition) is 2. The number of rotatable bonds is 7. The topological polar surface area (TPSA) is 49.3 Å². The molecule has 1 aromatic heterocycles. The summed E-state index contributed by atoms with van der Waals surface area (Å²) in [6.07, 6.45) is -0.0851. The zero-order chi connectivity index (χ0) is 20.0. The second-order valence-electron chi connectivity index (χ2n) is 7.05. The van der Waals surface area contributed by atoms with Gasteiger partial charge in [0.15, 0.2) is 5.96 Å². The normalized spacial score (nSPS) is 15.4. The standard InChI is InChI=1S/C21H25F3N4.HI/c1-2-25-19(27-13-9-18-8-3-4-12-26-18)28-15-20(10-11-20)16-6-5-7-17(14-16)21(22,23)24;/h3-8,12,14H,2,9-11,13,15H2,1H3,(H2,25,27,28);1H. The highest BCUT2D eigenvalue weighted by Gasteiger charge is 2.45. The number of aromatic nitrogens is 1. The number of nitrogens with zero attached hydrogens (tertiary/aromatic N) is 2. The van der Waals surface area contributed by atoms with E-state index >= 15 is 0 Å². The van der Waals surface area contributed by atoms with Crippen LogP contribution in [-0.2, 0) is 18.0 Å². The first-order chi connectivity index (χ1) is 13.4. The van der Waals surface area contributed by atoms with Gasteiger partial charge in [0.05, 0.1) is 12.1 Å². The van der Waals surface area contributed by atoms with Crippen molar-refractivity contribution < 1.29 is 13.2 Å². The van der Waals surface area contributed by atoms with Gasteiger partial charge in [-0.1, -0.05) is 24.3 Å². The average Bonchev–Trinajstić information content (AvgIpc) is 3.48. The van der Waals surface area contributed by atoms with Gasteiger partial charge in [0.2, 0.25) is 0 Å². The number of guanidine groups is 1. The van der Waals surface area contributed by atoms with Crippen LogP contribution in [0.15, 0.2) is 53.7 Å². The van der Waals surface area contributed by atoms with Crippen molar-refractivity contribution in [2.45, 2.75) is 37.8 Å². The van der Waals surface area contributed by atoms with Crippen LogP contribution in [0.3, 0.4) is 0 Å². The third-order valence-electron chi connectivity index (χ3n) is 4.94. The fourth-order valence-electron chi connectivity index (χ4n) is 3.14. The van der Waals surface area contributed by atoms with Crippen LogP contribution in [0.2, 0.25) is 0 Å². The molecule has 158 valence electrons. The van der Waals surface area contributed by atoms with Gasteiger partial charge in [-0.15, -0.1) is 24.0 Å². The summed E-state index contributed by atoms with van der Waals surface area (Å²) in [6.45, 7) is 3.84. The molecular weight excluding hydrogens is 492 g/mol. The van der Waals surface area contributed by atoms with Gasteiger partial charge in [-0.3, -0.25) is 9.98 Å². The molecule has 1 fully saturated rings. The van der Waals surface area contributed by atoms with Crippen LogP contribution in [0.5, 0.6) is 0 Å². The summed E-state index contributed by atoms with van der Waals surface area (Å²) >= 11 is 0. The number of alkyl halides is 3. The molecule has 0 unspecified atom stereocenters. The Balaban J connectivity index is 0.00000300. The quantitative estimate of drug-likeness (QED) is 0.322. The van der Waals surface area contributed by atoms with Gasteiger partial charge in [-0.2, -0.15) is 13.2 Å². The third kappa shape index (κ3) is 6.58. The summed E-state index contributed by atoms with van der Waals surface area (Å²) in [5.41, 5.74) is 0.828. The number of hydrogen-bond donors (Lipinski definition) is 2. The fourth-order valence-corrected chi connectivity index (χ4v) is 3.14. The molecule has 0 amide bonds. The van der Waals surface area contributed by atoms with Gasteiger partial charge in [-0.05, 0) is 43.5 Å². The van der Waals surface area contributed by atoms with Gasteiger partial charge in [0, 0.05) is 36.8 Å². The first-order valence-corrected chi connectivity index (χ1v) is 9.53. The molecule has 1 aliphatic carbocycles. The molecule has 0 radical (unpaired) electrons. The Hall–Kier alpha value is -1.84. The lowest BCUT2D eigenvalue weighted by atomic mass is 9.94. The fraction of sp³-hybridized carbons (Fsp3) is 0.429. The van der Waals surface area contributed by atoms with Gasteiger partial charge in [0.25, 0.3) is 0 Å². The van der Waals surface area contributed by atoms with Crippen molar-refractivity contribution in [2.75, 3.05) is 19.6 Å². The number of aliphatic imine (C=N–C) groups is 1. The second-order valence-corrected chi connectivity index (χ2v) is 7.05. The van der Waals surface area contributed by atoms with E-state index in [1.165, 1.54) is 12.1 Å².